The van der Waals surface area contributed by atoms with Crippen molar-refractivity contribution >= 4 is 17.3 Å². The highest BCUT2D eigenvalue weighted by Crippen LogP contribution is 2.37. The number of benzene rings is 2. The van der Waals surface area contributed by atoms with Gasteiger partial charge in [-0.05, 0) is 48.6 Å². The van der Waals surface area contributed by atoms with Crippen LogP contribution >= 0.6 is 0 Å². The van der Waals surface area contributed by atoms with Gasteiger partial charge in [0.2, 0.25) is 0 Å². The Bertz CT molecular complexity index is 693. The Kier molecular flexibility index (Phi) is 3.42. The molecule has 0 bridgehead atoms. The van der Waals surface area contributed by atoms with E-state index < -0.39 is 5.97 Å². The maximum absolute atomic E-state index is 11.5. The average molecular weight is 281 g/mol. The number of aromatic carboxylic acids is 1. The zero-order valence-corrected chi connectivity index (χ0v) is 12.3. The summed E-state index contributed by atoms with van der Waals surface area (Å²) in [6.07, 6.45) is 1.04. The summed E-state index contributed by atoms with van der Waals surface area (Å²) in [5.74, 6) is -0.372. The van der Waals surface area contributed by atoms with Crippen LogP contribution in [0.5, 0.6) is 0 Å². The smallest absolute Gasteiger partial charge is 0.337 e. The predicted molar refractivity (Wildman–Crippen MR) is 84.5 cm³/mol. The Morgan fingerprint density at radius 1 is 1.19 bits per heavy atom. The monoisotopic (exact) mass is 281 g/mol. The lowest BCUT2D eigenvalue weighted by Gasteiger charge is -2.35. The quantitative estimate of drug-likeness (QED) is 0.903. The van der Waals surface area contributed by atoms with Gasteiger partial charge in [0.1, 0.15) is 0 Å². The molecule has 0 radical (unpaired) electrons. The number of carboxylic acid groups (broad SMARTS) is 1. The number of hydrogen-bond acceptors (Lipinski definition) is 2. The Balaban J connectivity index is 2.17. The molecule has 0 aromatic heterocycles. The van der Waals surface area contributed by atoms with Crippen LogP contribution in [0, 0.1) is 12.8 Å². The van der Waals surface area contributed by atoms with Crippen LogP contribution in [-0.4, -0.2) is 17.6 Å². The van der Waals surface area contributed by atoms with E-state index in [0.29, 0.717) is 11.5 Å². The minimum absolute atomic E-state index is 0.365. The summed E-state index contributed by atoms with van der Waals surface area (Å²) in [5, 5.41) is 9.47. The number of carboxylic acids is 1. The molecule has 0 fully saturated rings. The standard InChI is InChI=1S/C18H19NO2/c1-12-7-8-15(18(20)21)17(10-12)19-11-13(2)9-14-5-3-4-6-16(14)19/h3-8,10,13H,9,11H2,1-2H3,(H,20,21). The third kappa shape index (κ3) is 2.51. The van der Waals surface area contributed by atoms with E-state index in [1.54, 1.807) is 6.07 Å². The van der Waals surface area contributed by atoms with Crippen molar-refractivity contribution in [2.24, 2.45) is 5.92 Å². The SMILES string of the molecule is Cc1ccc(C(=O)O)c(N2CC(C)Cc3ccccc32)c1. The number of rotatable bonds is 2. The fourth-order valence-corrected chi connectivity index (χ4v) is 3.07. The highest BCUT2D eigenvalue weighted by molar-refractivity contribution is 5.96. The average Bonchev–Trinajstić information content (AvgIpc) is 2.45. The van der Waals surface area contributed by atoms with Crippen LogP contribution in [0.3, 0.4) is 0 Å². The van der Waals surface area contributed by atoms with Crippen molar-refractivity contribution < 1.29 is 9.90 Å². The number of carbonyl (C=O) groups is 1. The number of hydrogen-bond donors (Lipinski definition) is 1. The highest BCUT2D eigenvalue weighted by atomic mass is 16.4. The molecule has 1 N–H and O–H groups in total. The second-order valence-corrected chi connectivity index (χ2v) is 5.87. The van der Waals surface area contributed by atoms with Gasteiger partial charge in [0.15, 0.2) is 0 Å². The molecule has 2 aromatic rings. The van der Waals surface area contributed by atoms with Crippen LogP contribution in [0.1, 0.15) is 28.4 Å². The molecule has 0 spiro atoms. The zero-order valence-electron chi connectivity index (χ0n) is 12.3. The number of aryl methyl sites for hydroxylation is 1. The fourth-order valence-electron chi connectivity index (χ4n) is 3.07. The van der Waals surface area contributed by atoms with Crippen molar-refractivity contribution in [1.29, 1.82) is 0 Å². The first-order valence-corrected chi connectivity index (χ1v) is 7.25. The van der Waals surface area contributed by atoms with Crippen LogP contribution in [0.2, 0.25) is 0 Å². The second-order valence-electron chi connectivity index (χ2n) is 5.87. The molecule has 1 aliphatic heterocycles. The summed E-state index contributed by atoms with van der Waals surface area (Å²) in [7, 11) is 0. The molecule has 0 saturated carbocycles. The maximum atomic E-state index is 11.5. The summed E-state index contributed by atoms with van der Waals surface area (Å²) in [5.41, 5.74) is 4.65. The highest BCUT2D eigenvalue weighted by Gasteiger charge is 2.25. The molecule has 2 aromatic carbocycles. The summed E-state index contributed by atoms with van der Waals surface area (Å²) >= 11 is 0. The molecule has 0 saturated heterocycles. The maximum Gasteiger partial charge on any atom is 0.337 e. The zero-order chi connectivity index (χ0) is 15.0. The summed E-state index contributed by atoms with van der Waals surface area (Å²) in [6, 6.07) is 13.8. The van der Waals surface area contributed by atoms with Gasteiger partial charge < -0.3 is 10.0 Å². The number of anilines is 2. The van der Waals surface area contributed by atoms with Gasteiger partial charge in [0.25, 0.3) is 0 Å². The number of nitrogens with zero attached hydrogens (tertiary/aromatic N) is 1. The van der Waals surface area contributed by atoms with E-state index in [2.05, 4.69) is 24.0 Å². The molecule has 3 rings (SSSR count). The van der Waals surface area contributed by atoms with Crippen molar-refractivity contribution in [2.75, 3.05) is 11.4 Å². The predicted octanol–water partition coefficient (Wildman–Crippen LogP) is 4.02. The first-order chi connectivity index (χ1) is 10.1. The van der Waals surface area contributed by atoms with Crippen LogP contribution in [0.25, 0.3) is 0 Å². The molecular weight excluding hydrogens is 262 g/mol. The van der Waals surface area contributed by atoms with Crippen LogP contribution in [0.4, 0.5) is 11.4 Å². The van der Waals surface area contributed by atoms with E-state index in [4.69, 9.17) is 0 Å². The molecule has 1 atom stereocenters. The van der Waals surface area contributed by atoms with E-state index in [-0.39, 0.29) is 0 Å². The van der Waals surface area contributed by atoms with Crippen molar-refractivity contribution in [3.8, 4) is 0 Å². The van der Waals surface area contributed by atoms with Gasteiger partial charge in [0, 0.05) is 12.2 Å². The molecular formula is C18H19NO2. The van der Waals surface area contributed by atoms with Gasteiger partial charge in [-0.1, -0.05) is 31.2 Å². The lowest BCUT2D eigenvalue weighted by molar-refractivity contribution is 0.0697. The Morgan fingerprint density at radius 3 is 2.71 bits per heavy atom. The van der Waals surface area contributed by atoms with Gasteiger partial charge in [-0.25, -0.2) is 4.79 Å². The molecule has 3 nitrogen and oxygen atoms in total. The lowest BCUT2D eigenvalue weighted by Crippen LogP contribution is -2.31. The summed E-state index contributed by atoms with van der Waals surface area (Å²) in [6.45, 7) is 5.05. The molecule has 1 aliphatic rings. The van der Waals surface area contributed by atoms with Gasteiger partial charge in [-0.3, -0.25) is 0 Å². The number of fused-ring (bicyclic) bond motifs is 1. The van der Waals surface area contributed by atoms with E-state index in [1.807, 2.05) is 31.2 Å². The van der Waals surface area contributed by atoms with Crippen LogP contribution < -0.4 is 4.90 Å². The first-order valence-electron chi connectivity index (χ1n) is 7.25. The Hall–Kier alpha value is -2.29. The van der Waals surface area contributed by atoms with Gasteiger partial charge in [0.05, 0.1) is 11.3 Å². The minimum atomic E-state index is -0.874. The number of para-hydroxylation sites is 1. The minimum Gasteiger partial charge on any atom is -0.478 e. The summed E-state index contributed by atoms with van der Waals surface area (Å²) < 4.78 is 0. The van der Waals surface area contributed by atoms with Crippen LogP contribution in [-0.2, 0) is 6.42 Å². The normalized spacial score (nSPS) is 17.4. The molecule has 1 heterocycles. The van der Waals surface area contributed by atoms with Crippen molar-refractivity contribution in [3.63, 3.8) is 0 Å². The van der Waals surface area contributed by atoms with Crippen molar-refractivity contribution in [1.82, 2.24) is 0 Å². The molecule has 0 aliphatic carbocycles. The van der Waals surface area contributed by atoms with E-state index >= 15 is 0 Å². The molecule has 1 unspecified atom stereocenters. The fraction of sp³-hybridized carbons (Fsp3) is 0.278. The van der Waals surface area contributed by atoms with E-state index in [1.165, 1.54) is 5.56 Å². The first kappa shape index (κ1) is 13.7. The third-order valence-corrected chi connectivity index (χ3v) is 4.02. The Morgan fingerprint density at radius 2 is 1.95 bits per heavy atom. The molecule has 21 heavy (non-hydrogen) atoms. The third-order valence-electron chi connectivity index (χ3n) is 4.02. The van der Waals surface area contributed by atoms with E-state index in [0.717, 1.165) is 29.9 Å². The molecule has 0 amide bonds. The van der Waals surface area contributed by atoms with Crippen LogP contribution in [0.15, 0.2) is 42.5 Å². The second kappa shape index (κ2) is 5.24. The lowest BCUT2D eigenvalue weighted by atomic mass is 9.92. The van der Waals surface area contributed by atoms with Gasteiger partial charge in [-0.2, -0.15) is 0 Å². The Labute approximate surface area is 124 Å². The largest absolute Gasteiger partial charge is 0.478 e. The van der Waals surface area contributed by atoms with Gasteiger partial charge >= 0.3 is 5.97 Å². The molecule has 3 heteroatoms. The topological polar surface area (TPSA) is 40.5 Å². The summed E-state index contributed by atoms with van der Waals surface area (Å²) in [4.78, 5) is 13.7. The van der Waals surface area contributed by atoms with Crippen molar-refractivity contribution in [2.45, 2.75) is 20.3 Å². The van der Waals surface area contributed by atoms with E-state index in [9.17, 15) is 9.90 Å². The molecule has 108 valence electrons. The van der Waals surface area contributed by atoms with Crippen molar-refractivity contribution in [3.05, 3.63) is 59.2 Å². The van der Waals surface area contributed by atoms with Gasteiger partial charge in [-0.15, -0.1) is 0 Å².